The lowest BCUT2D eigenvalue weighted by Crippen LogP contribution is -2.33. The lowest BCUT2D eigenvalue weighted by atomic mass is 9.78. The zero-order valence-electron chi connectivity index (χ0n) is 13.4. The molecule has 9 heteroatoms. The number of hydrogen-bond donors (Lipinski definition) is 2. The van der Waals surface area contributed by atoms with Gasteiger partial charge in [0, 0.05) is 5.56 Å². The highest BCUT2D eigenvalue weighted by atomic mass is 19.3. The van der Waals surface area contributed by atoms with Gasteiger partial charge in [0.2, 0.25) is 0 Å². The van der Waals surface area contributed by atoms with Crippen LogP contribution < -0.4 is 5.32 Å². The van der Waals surface area contributed by atoms with Gasteiger partial charge in [-0.2, -0.15) is 0 Å². The van der Waals surface area contributed by atoms with Gasteiger partial charge >= 0.3 is 11.9 Å². The summed E-state index contributed by atoms with van der Waals surface area (Å²) < 4.78 is 59.9. The third-order valence-electron chi connectivity index (χ3n) is 4.29. The van der Waals surface area contributed by atoms with Crippen LogP contribution in [0.15, 0.2) is 40.7 Å². The summed E-state index contributed by atoms with van der Waals surface area (Å²) in [6, 6.07) is 3.38. The molecule has 2 N–H and O–H groups in total. The van der Waals surface area contributed by atoms with Gasteiger partial charge in [-0.1, -0.05) is 12.1 Å². The van der Waals surface area contributed by atoms with Crippen LogP contribution >= 0.6 is 0 Å². The lowest BCUT2D eigenvalue weighted by molar-refractivity contribution is -0.136. The van der Waals surface area contributed by atoms with Gasteiger partial charge in [-0.05, 0) is 18.6 Å². The van der Waals surface area contributed by atoms with E-state index < -0.39 is 53.1 Å². The van der Waals surface area contributed by atoms with Gasteiger partial charge in [0.15, 0.2) is 0 Å². The second kappa shape index (κ2) is 6.47. The molecular weight excluding hydrogens is 358 g/mol. The first-order chi connectivity index (χ1) is 12.2. The largest absolute Gasteiger partial charge is 0.478 e. The highest BCUT2D eigenvalue weighted by Crippen LogP contribution is 2.44. The molecule has 5 nitrogen and oxygen atoms in total. The molecular formula is C17H13F4NO4. The monoisotopic (exact) mass is 371 g/mol. The van der Waals surface area contributed by atoms with E-state index in [4.69, 9.17) is 4.74 Å². The molecule has 0 saturated heterocycles. The lowest BCUT2D eigenvalue weighted by Gasteiger charge is -2.29. The topological polar surface area (TPSA) is 75.6 Å². The molecule has 0 fully saturated rings. The van der Waals surface area contributed by atoms with E-state index in [0.717, 1.165) is 13.0 Å². The van der Waals surface area contributed by atoms with E-state index in [9.17, 15) is 32.3 Å². The normalized spacial score (nSPS) is 20.8. The first-order valence-corrected chi connectivity index (χ1v) is 7.59. The third kappa shape index (κ3) is 2.73. The van der Waals surface area contributed by atoms with Gasteiger partial charge in [0.1, 0.15) is 18.6 Å². The van der Waals surface area contributed by atoms with E-state index >= 15 is 0 Å². The maximum Gasteiger partial charge on any atom is 0.337 e. The van der Waals surface area contributed by atoms with Gasteiger partial charge in [0.05, 0.1) is 28.5 Å². The number of allylic oxidation sites excluding steroid dienone is 1. The van der Waals surface area contributed by atoms with E-state index in [1.807, 2.05) is 0 Å². The average molecular weight is 371 g/mol. The number of rotatable bonds is 4. The predicted octanol–water partition coefficient (Wildman–Crippen LogP) is 2.96. The molecule has 1 aromatic rings. The molecule has 138 valence electrons. The summed E-state index contributed by atoms with van der Waals surface area (Å²) in [6.45, 7) is 0.674. The van der Waals surface area contributed by atoms with E-state index in [0.29, 0.717) is 0 Å². The van der Waals surface area contributed by atoms with Crippen LogP contribution in [-0.4, -0.2) is 30.1 Å². The predicted molar refractivity (Wildman–Crippen MR) is 80.5 cm³/mol. The van der Waals surface area contributed by atoms with Crippen LogP contribution in [-0.2, 0) is 14.3 Å². The molecule has 0 bridgehead atoms. The van der Waals surface area contributed by atoms with Crippen molar-refractivity contribution in [3.63, 3.8) is 0 Å². The van der Waals surface area contributed by atoms with Gasteiger partial charge in [-0.25, -0.2) is 27.2 Å². The van der Waals surface area contributed by atoms with Crippen LogP contribution in [0.2, 0.25) is 0 Å². The van der Waals surface area contributed by atoms with Crippen molar-refractivity contribution in [2.75, 3.05) is 6.61 Å². The summed E-state index contributed by atoms with van der Waals surface area (Å²) in [6.07, 6.45) is -5.05. The number of carboxylic acids is 1. The quantitative estimate of drug-likeness (QED) is 0.629. The fourth-order valence-corrected chi connectivity index (χ4v) is 3.29. The molecule has 26 heavy (non-hydrogen) atoms. The molecule has 2 unspecified atom stereocenters. The smallest absolute Gasteiger partial charge is 0.337 e. The molecule has 2 aliphatic rings. The van der Waals surface area contributed by atoms with Gasteiger partial charge in [0.25, 0.3) is 6.43 Å². The highest BCUT2D eigenvalue weighted by Gasteiger charge is 2.45. The Bertz CT molecular complexity index is 860. The Morgan fingerprint density at radius 3 is 2.62 bits per heavy atom. The van der Waals surface area contributed by atoms with Gasteiger partial charge < -0.3 is 15.2 Å². The number of dihydropyridines is 1. The molecule has 3 rings (SSSR count). The maximum atomic E-state index is 14.2. The molecule has 0 aliphatic carbocycles. The Balaban J connectivity index is 2.33. The number of carbonyl (C=O) groups is 2. The Labute approximate surface area is 144 Å². The summed E-state index contributed by atoms with van der Waals surface area (Å²) in [5, 5.41) is 11.7. The minimum atomic E-state index is -3.20. The molecule has 0 aromatic heterocycles. The van der Waals surface area contributed by atoms with Crippen molar-refractivity contribution >= 4 is 11.9 Å². The Morgan fingerprint density at radius 2 is 2.04 bits per heavy atom. The van der Waals surface area contributed by atoms with E-state index in [1.165, 1.54) is 12.1 Å². The van der Waals surface area contributed by atoms with Crippen molar-refractivity contribution in [3.8, 4) is 0 Å². The Hall–Kier alpha value is -2.84. The summed E-state index contributed by atoms with van der Waals surface area (Å²) >= 11 is 0. The standard InChI is InChI=1S/C17H13F4NO4/c1-6(18)10-7(3-2-4-8(10)19)11-12-9(5-26-17(12)25)22-14(15(20)21)13(11)16(23)24/h2-4,6,11,15,22H,5H2,1H3,(H,23,24). The Morgan fingerprint density at radius 1 is 1.35 bits per heavy atom. The summed E-state index contributed by atoms with van der Waals surface area (Å²) in [4.78, 5) is 23.8. The second-order valence-electron chi connectivity index (χ2n) is 5.82. The second-order valence-corrected chi connectivity index (χ2v) is 5.82. The van der Waals surface area contributed by atoms with E-state index in [1.54, 1.807) is 0 Å². The molecule has 2 aliphatic heterocycles. The number of benzene rings is 1. The van der Waals surface area contributed by atoms with Crippen molar-refractivity contribution in [1.82, 2.24) is 5.32 Å². The number of ether oxygens (including phenoxy) is 1. The summed E-state index contributed by atoms with van der Waals surface area (Å²) in [5.41, 5.74) is -2.74. The van der Waals surface area contributed by atoms with Crippen LogP contribution in [0.4, 0.5) is 17.6 Å². The van der Waals surface area contributed by atoms with Crippen LogP contribution in [0.1, 0.15) is 30.1 Å². The van der Waals surface area contributed by atoms with Crippen LogP contribution in [0.3, 0.4) is 0 Å². The minimum Gasteiger partial charge on any atom is -0.478 e. The number of alkyl halides is 3. The number of carboxylic acid groups (broad SMARTS) is 1. The number of esters is 1. The first kappa shape index (κ1) is 18.0. The zero-order valence-corrected chi connectivity index (χ0v) is 13.4. The van der Waals surface area contributed by atoms with Crippen LogP contribution in [0.5, 0.6) is 0 Å². The van der Waals surface area contributed by atoms with Crippen molar-refractivity contribution < 1.29 is 37.0 Å². The SMILES string of the molecule is CC(F)c1c(F)cccc1C1C2=C(COC2=O)NC(C(F)F)=C1C(=O)O. The molecule has 0 spiro atoms. The number of carbonyl (C=O) groups excluding carboxylic acids is 1. The van der Waals surface area contributed by atoms with Crippen LogP contribution in [0.25, 0.3) is 0 Å². The maximum absolute atomic E-state index is 14.2. The summed E-state index contributed by atoms with van der Waals surface area (Å²) in [7, 11) is 0. The fourth-order valence-electron chi connectivity index (χ4n) is 3.29. The number of cyclic esters (lactones) is 1. The van der Waals surface area contributed by atoms with Crippen LogP contribution in [0, 0.1) is 5.82 Å². The van der Waals surface area contributed by atoms with Crippen molar-refractivity contribution in [2.24, 2.45) is 0 Å². The van der Waals surface area contributed by atoms with Gasteiger partial charge in [-0.3, -0.25) is 0 Å². The molecule has 1 aromatic carbocycles. The van der Waals surface area contributed by atoms with Crippen molar-refractivity contribution in [2.45, 2.75) is 25.4 Å². The molecule has 0 amide bonds. The van der Waals surface area contributed by atoms with E-state index in [2.05, 4.69) is 5.32 Å². The van der Waals surface area contributed by atoms with E-state index in [-0.39, 0.29) is 23.4 Å². The first-order valence-electron chi connectivity index (χ1n) is 7.59. The van der Waals surface area contributed by atoms with Gasteiger partial charge in [-0.15, -0.1) is 0 Å². The fraction of sp³-hybridized carbons (Fsp3) is 0.294. The number of hydrogen-bond acceptors (Lipinski definition) is 4. The third-order valence-corrected chi connectivity index (χ3v) is 4.29. The molecule has 2 heterocycles. The summed E-state index contributed by atoms with van der Waals surface area (Å²) in [5.74, 6) is -5.20. The Kier molecular flexibility index (Phi) is 4.47. The molecule has 0 radical (unpaired) electrons. The number of halogens is 4. The van der Waals surface area contributed by atoms with Crippen molar-refractivity contribution in [1.29, 1.82) is 0 Å². The molecule has 0 saturated carbocycles. The number of aliphatic carboxylic acids is 1. The minimum absolute atomic E-state index is 0.0398. The molecule has 2 atom stereocenters. The average Bonchev–Trinajstić information content (AvgIpc) is 2.93. The zero-order chi connectivity index (χ0) is 19.2. The van der Waals surface area contributed by atoms with Crippen molar-refractivity contribution in [3.05, 3.63) is 57.7 Å². The highest BCUT2D eigenvalue weighted by molar-refractivity contribution is 6.00. The number of nitrogens with one attached hydrogen (secondary N) is 1.